The molecule has 0 aliphatic carbocycles. The van der Waals surface area contributed by atoms with E-state index in [2.05, 4.69) is 10.3 Å². The molecule has 1 aliphatic heterocycles. The van der Waals surface area contributed by atoms with E-state index in [4.69, 9.17) is 9.47 Å². The molecule has 0 radical (unpaired) electrons. The number of hydrogen-bond acceptors (Lipinski definition) is 4. The largest absolute Gasteiger partial charge is 0.454 e. The Kier molecular flexibility index (Phi) is 3.15. The van der Waals surface area contributed by atoms with E-state index >= 15 is 0 Å². The van der Waals surface area contributed by atoms with Crippen molar-refractivity contribution in [2.24, 2.45) is 7.05 Å². The van der Waals surface area contributed by atoms with Crippen LogP contribution in [0.4, 0.5) is 0 Å². The van der Waals surface area contributed by atoms with Gasteiger partial charge in [-0.1, -0.05) is 6.07 Å². The minimum Gasteiger partial charge on any atom is -0.454 e. The number of ether oxygens (including phenoxy) is 2. The zero-order valence-corrected chi connectivity index (χ0v) is 12.6. The van der Waals surface area contributed by atoms with E-state index in [1.807, 2.05) is 35.9 Å². The van der Waals surface area contributed by atoms with Gasteiger partial charge in [-0.2, -0.15) is 0 Å². The highest BCUT2D eigenvalue weighted by atomic mass is 16.7. The van der Waals surface area contributed by atoms with Crippen LogP contribution in [0.1, 0.15) is 15.9 Å². The van der Waals surface area contributed by atoms with Gasteiger partial charge in [0.1, 0.15) is 0 Å². The molecule has 0 fully saturated rings. The van der Waals surface area contributed by atoms with Crippen LogP contribution in [0.25, 0.3) is 11.0 Å². The second kappa shape index (κ2) is 5.31. The number of imidazole rings is 1. The third kappa shape index (κ3) is 2.48. The van der Waals surface area contributed by atoms with E-state index in [1.54, 1.807) is 18.5 Å². The summed E-state index contributed by atoms with van der Waals surface area (Å²) in [6.07, 6.45) is 1.74. The number of aryl methyl sites for hydroxylation is 1. The van der Waals surface area contributed by atoms with Gasteiger partial charge in [0.15, 0.2) is 11.5 Å². The zero-order valence-electron chi connectivity index (χ0n) is 12.6. The summed E-state index contributed by atoms with van der Waals surface area (Å²) < 4.78 is 12.5. The van der Waals surface area contributed by atoms with Crippen LogP contribution in [0.15, 0.2) is 42.7 Å². The molecule has 1 aliphatic rings. The predicted octanol–water partition coefficient (Wildman–Crippen LogP) is 2.23. The monoisotopic (exact) mass is 309 g/mol. The first-order valence-electron chi connectivity index (χ1n) is 7.28. The van der Waals surface area contributed by atoms with E-state index in [1.165, 1.54) is 0 Å². The third-order valence-corrected chi connectivity index (χ3v) is 3.88. The predicted molar refractivity (Wildman–Crippen MR) is 84.4 cm³/mol. The lowest BCUT2D eigenvalue weighted by atomic mass is 10.1. The fraction of sp³-hybridized carbons (Fsp3) is 0.176. The Bertz CT molecular complexity index is 901. The summed E-state index contributed by atoms with van der Waals surface area (Å²) >= 11 is 0. The maximum atomic E-state index is 12.3. The summed E-state index contributed by atoms with van der Waals surface area (Å²) in [6, 6.07) is 11.1. The molecule has 1 aromatic heterocycles. The van der Waals surface area contributed by atoms with Gasteiger partial charge in [0, 0.05) is 19.2 Å². The van der Waals surface area contributed by atoms with Gasteiger partial charge in [-0.05, 0) is 35.9 Å². The normalized spacial score (nSPS) is 12.6. The van der Waals surface area contributed by atoms with Crippen molar-refractivity contribution in [1.82, 2.24) is 14.9 Å². The third-order valence-electron chi connectivity index (χ3n) is 3.88. The van der Waals surface area contributed by atoms with Gasteiger partial charge in [0.05, 0.1) is 17.4 Å². The molecule has 1 N–H and O–H groups in total. The first-order chi connectivity index (χ1) is 11.2. The van der Waals surface area contributed by atoms with Crippen molar-refractivity contribution in [3.63, 3.8) is 0 Å². The minimum absolute atomic E-state index is 0.129. The molecule has 2 heterocycles. The van der Waals surface area contributed by atoms with E-state index in [0.29, 0.717) is 17.9 Å². The molecule has 0 spiro atoms. The lowest BCUT2D eigenvalue weighted by Crippen LogP contribution is -2.22. The lowest BCUT2D eigenvalue weighted by molar-refractivity contribution is 0.0951. The fourth-order valence-corrected chi connectivity index (χ4v) is 2.61. The topological polar surface area (TPSA) is 65.4 Å². The van der Waals surface area contributed by atoms with Crippen LogP contribution in [0.2, 0.25) is 0 Å². The summed E-state index contributed by atoms with van der Waals surface area (Å²) in [7, 11) is 1.93. The molecular weight excluding hydrogens is 294 g/mol. The van der Waals surface area contributed by atoms with E-state index < -0.39 is 0 Å². The van der Waals surface area contributed by atoms with Gasteiger partial charge < -0.3 is 19.4 Å². The summed E-state index contributed by atoms with van der Waals surface area (Å²) in [5.74, 6) is 1.32. The van der Waals surface area contributed by atoms with Crippen molar-refractivity contribution in [3.05, 3.63) is 53.9 Å². The number of amides is 1. The van der Waals surface area contributed by atoms with Crippen molar-refractivity contribution < 1.29 is 14.3 Å². The first-order valence-corrected chi connectivity index (χ1v) is 7.28. The Balaban J connectivity index is 1.48. The minimum atomic E-state index is -0.129. The van der Waals surface area contributed by atoms with Crippen molar-refractivity contribution >= 4 is 16.9 Å². The summed E-state index contributed by atoms with van der Waals surface area (Å²) in [5.41, 5.74) is 3.36. The Labute approximate surface area is 132 Å². The molecule has 2 aromatic carbocycles. The first kappa shape index (κ1) is 13.6. The molecule has 3 aromatic rings. The van der Waals surface area contributed by atoms with Gasteiger partial charge in [0.2, 0.25) is 6.79 Å². The highest BCUT2D eigenvalue weighted by molar-refractivity contribution is 5.97. The molecule has 1 amide bonds. The van der Waals surface area contributed by atoms with Crippen molar-refractivity contribution in [2.75, 3.05) is 6.79 Å². The number of carbonyl (C=O) groups is 1. The van der Waals surface area contributed by atoms with Crippen molar-refractivity contribution in [2.45, 2.75) is 6.54 Å². The van der Waals surface area contributed by atoms with Crippen LogP contribution >= 0.6 is 0 Å². The van der Waals surface area contributed by atoms with Crippen LogP contribution in [-0.2, 0) is 13.6 Å². The van der Waals surface area contributed by atoms with Crippen LogP contribution in [0, 0.1) is 0 Å². The molecule has 0 unspecified atom stereocenters. The zero-order chi connectivity index (χ0) is 15.8. The number of carbonyl (C=O) groups excluding carboxylic acids is 1. The standard InChI is InChI=1S/C17H15N3O3/c1-20-9-19-13-7-12(3-4-14(13)20)17(21)18-8-11-2-5-15-16(6-11)23-10-22-15/h2-7,9H,8,10H2,1H3,(H,18,21). The molecule has 0 bridgehead atoms. The highest BCUT2D eigenvalue weighted by Gasteiger charge is 2.14. The maximum absolute atomic E-state index is 12.3. The van der Waals surface area contributed by atoms with Gasteiger partial charge >= 0.3 is 0 Å². The number of nitrogens with zero attached hydrogens (tertiary/aromatic N) is 2. The van der Waals surface area contributed by atoms with Gasteiger partial charge in [-0.25, -0.2) is 4.98 Å². The number of rotatable bonds is 3. The molecule has 0 saturated carbocycles. The Hall–Kier alpha value is -3.02. The molecule has 0 atom stereocenters. The average Bonchev–Trinajstić information content (AvgIpc) is 3.18. The molecule has 4 rings (SSSR count). The summed E-state index contributed by atoms with van der Waals surface area (Å²) in [6.45, 7) is 0.672. The van der Waals surface area contributed by atoms with Gasteiger partial charge in [-0.15, -0.1) is 0 Å². The number of hydrogen-bond donors (Lipinski definition) is 1. The van der Waals surface area contributed by atoms with E-state index in [9.17, 15) is 4.79 Å². The fourth-order valence-electron chi connectivity index (χ4n) is 2.61. The van der Waals surface area contributed by atoms with Crippen LogP contribution in [-0.4, -0.2) is 22.3 Å². The second-order valence-electron chi connectivity index (χ2n) is 5.43. The molecule has 6 nitrogen and oxygen atoms in total. The molecule has 0 saturated heterocycles. The lowest BCUT2D eigenvalue weighted by Gasteiger charge is -2.06. The van der Waals surface area contributed by atoms with E-state index in [0.717, 1.165) is 22.3 Å². The second-order valence-corrected chi connectivity index (χ2v) is 5.43. The Morgan fingerprint density at radius 3 is 3.00 bits per heavy atom. The van der Waals surface area contributed by atoms with Crippen molar-refractivity contribution in [3.8, 4) is 11.5 Å². The molecule has 6 heteroatoms. The SMILES string of the molecule is Cn1cnc2cc(C(=O)NCc3ccc4c(c3)OCO4)ccc21. The Morgan fingerprint density at radius 2 is 2.09 bits per heavy atom. The summed E-state index contributed by atoms with van der Waals surface area (Å²) in [5, 5.41) is 2.91. The quantitative estimate of drug-likeness (QED) is 0.806. The number of fused-ring (bicyclic) bond motifs is 2. The summed E-state index contributed by atoms with van der Waals surface area (Å²) in [4.78, 5) is 16.6. The molecule has 116 valence electrons. The van der Waals surface area contributed by atoms with Crippen LogP contribution < -0.4 is 14.8 Å². The van der Waals surface area contributed by atoms with Crippen LogP contribution in [0.5, 0.6) is 11.5 Å². The van der Waals surface area contributed by atoms with Gasteiger partial charge in [-0.3, -0.25) is 4.79 Å². The maximum Gasteiger partial charge on any atom is 0.251 e. The number of aromatic nitrogens is 2. The van der Waals surface area contributed by atoms with Crippen molar-refractivity contribution in [1.29, 1.82) is 0 Å². The molecular formula is C17H15N3O3. The smallest absolute Gasteiger partial charge is 0.251 e. The van der Waals surface area contributed by atoms with E-state index in [-0.39, 0.29) is 12.7 Å². The number of nitrogens with one attached hydrogen (secondary N) is 1. The van der Waals surface area contributed by atoms with Crippen LogP contribution in [0.3, 0.4) is 0 Å². The number of benzene rings is 2. The average molecular weight is 309 g/mol. The Morgan fingerprint density at radius 1 is 1.22 bits per heavy atom. The molecule has 23 heavy (non-hydrogen) atoms. The highest BCUT2D eigenvalue weighted by Crippen LogP contribution is 2.32. The van der Waals surface area contributed by atoms with Gasteiger partial charge in [0.25, 0.3) is 5.91 Å².